The number of aliphatic imine (C=N–C) groups is 1. The fourth-order valence-electron chi connectivity index (χ4n) is 2.88. The highest BCUT2D eigenvalue weighted by molar-refractivity contribution is 5.72. The quantitative estimate of drug-likeness (QED) is 0.814. The Labute approximate surface area is 131 Å². The summed E-state index contributed by atoms with van der Waals surface area (Å²) in [7, 11) is 2.16. The number of aromatic nitrogens is 2. The SMILES string of the molecule is Cc1ccnc(CC=Nc2cccc3c2CCC(C)N3C)n1. The van der Waals surface area contributed by atoms with Gasteiger partial charge in [-0.05, 0) is 44.9 Å². The zero-order valence-corrected chi connectivity index (χ0v) is 13.5. The zero-order valence-electron chi connectivity index (χ0n) is 13.5. The fourth-order valence-corrected chi connectivity index (χ4v) is 2.88. The molecule has 1 aromatic carbocycles. The smallest absolute Gasteiger partial charge is 0.133 e. The Bertz CT molecular complexity index is 693. The Hall–Kier alpha value is -2.23. The molecule has 2 aromatic rings. The number of rotatable bonds is 3. The molecule has 1 unspecified atom stereocenters. The van der Waals surface area contributed by atoms with E-state index in [4.69, 9.17) is 0 Å². The molecule has 4 nitrogen and oxygen atoms in total. The van der Waals surface area contributed by atoms with E-state index in [0.717, 1.165) is 23.6 Å². The van der Waals surface area contributed by atoms with Crippen LogP contribution in [0, 0.1) is 6.92 Å². The summed E-state index contributed by atoms with van der Waals surface area (Å²) in [6.07, 6.45) is 6.65. The van der Waals surface area contributed by atoms with Crippen LogP contribution in [0.4, 0.5) is 11.4 Å². The first-order chi connectivity index (χ1) is 10.6. The Morgan fingerprint density at radius 2 is 2.23 bits per heavy atom. The molecule has 1 aromatic heterocycles. The molecule has 114 valence electrons. The van der Waals surface area contributed by atoms with E-state index in [0.29, 0.717) is 12.5 Å². The van der Waals surface area contributed by atoms with Crippen molar-refractivity contribution in [1.29, 1.82) is 0 Å². The van der Waals surface area contributed by atoms with Crippen LogP contribution in [0.2, 0.25) is 0 Å². The van der Waals surface area contributed by atoms with E-state index < -0.39 is 0 Å². The lowest BCUT2D eigenvalue weighted by atomic mass is 9.96. The number of benzene rings is 1. The maximum absolute atomic E-state index is 4.67. The van der Waals surface area contributed by atoms with Crippen molar-refractivity contribution in [2.45, 2.75) is 39.2 Å². The molecule has 22 heavy (non-hydrogen) atoms. The number of fused-ring (bicyclic) bond motifs is 1. The Morgan fingerprint density at radius 1 is 1.36 bits per heavy atom. The molecule has 0 spiro atoms. The third kappa shape index (κ3) is 3.01. The van der Waals surface area contributed by atoms with Gasteiger partial charge in [0.1, 0.15) is 5.82 Å². The average molecular weight is 294 g/mol. The average Bonchev–Trinajstić information content (AvgIpc) is 2.51. The van der Waals surface area contributed by atoms with E-state index in [9.17, 15) is 0 Å². The molecule has 0 bridgehead atoms. The molecule has 0 radical (unpaired) electrons. The maximum atomic E-state index is 4.67. The molecule has 1 aliphatic rings. The second-order valence-electron chi connectivity index (χ2n) is 5.90. The van der Waals surface area contributed by atoms with E-state index >= 15 is 0 Å². The molecule has 1 atom stereocenters. The van der Waals surface area contributed by atoms with Gasteiger partial charge in [-0.15, -0.1) is 0 Å². The predicted molar refractivity (Wildman–Crippen MR) is 91.3 cm³/mol. The molecular formula is C18H22N4. The number of nitrogens with zero attached hydrogens (tertiary/aromatic N) is 4. The normalized spacial score (nSPS) is 17.8. The van der Waals surface area contributed by atoms with Crippen LogP contribution in [-0.4, -0.2) is 29.3 Å². The van der Waals surface area contributed by atoms with Gasteiger partial charge in [-0.25, -0.2) is 9.97 Å². The molecule has 0 saturated carbocycles. The van der Waals surface area contributed by atoms with Crippen molar-refractivity contribution in [2.75, 3.05) is 11.9 Å². The lowest BCUT2D eigenvalue weighted by Gasteiger charge is -2.34. The van der Waals surface area contributed by atoms with Crippen molar-refractivity contribution < 1.29 is 0 Å². The van der Waals surface area contributed by atoms with Crippen LogP contribution < -0.4 is 4.90 Å². The zero-order chi connectivity index (χ0) is 15.5. The van der Waals surface area contributed by atoms with Crippen LogP contribution >= 0.6 is 0 Å². The number of hydrogen-bond acceptors (Lipinski definition) is 4. The molecule has 0 amide bonds. The van der Waals surface area contributed by atoms with Gasteiger partial charge in [0.2, 0.25) is 0 Å². The summed E-state index contributed by atoms with van der Waals surface area (Å²) in [4.78, 5) is 15.7. The second kappa shape index (κ2) is 6.26. The van der Waals surface area contributed by atoms with Gasteiger partial charge < -0.3 is 4.90 Å². The maximum Gasteiger partial charge on any atom is 0.133 e. The van der Waals surface area contributed by atoms with E-state index in [2.05, 4.69) is 52.0 Å². The van der Waals surface area contributed by atoms with Gasteiger partial charge in [0.05, 0.1) is 5.69 Å². The molecule has 1 aliphatic heterocycles. The summed E-state index contributed by atoms with van der Waals surface area (Å²) < 4.78 is 0. The standard InChI is InChI=1S/C18H22N4/c1-13-9-11-20-18(21-13)10-12-19-16-5-4-6-17-15(16)8-7-14(2)22(17)3/h4-6,9,11-12,14H,7-8,10H2,1-3H3. The first-order valence-corrected chi connectivity index (χ1v) is 7.81. The molecular weight excluding hydrogens is 272 g/mol. The van der Waals surface area contributed by atoms with E-state index in [1.54, 1.807) is 6.20 Å². The Balaban J connectivity index is 1.80. The van der Waals surface area contributed by atoms with Crippen molar-refractivity contribution in [3.8, 4) is 0 Å². The van der Waals surface area contributed by atoms with Crippen LogP contribution in [0.5, 0.6) is 0 Å². The summed E-state index contributed by atoms with van der Waals surface area (Å²) in [5.41, 5.74) is 4.72. The minimum absolute atomic E-state index is 0.590. The monoisotopic (exact) mass is 294 g/mol. The van der Waals surface area contributed by atoms with Crippen LogP contribution in [0.3, 0.4) is 0 Å². The molecule has 0 N–H and O–H groups in total. The highest BCUT2D eigenvalue weighted by atomic mass is 15.1. The van der Waals surface area contributed by atoms with Crippen LogP contribution in [0.1, 0.15) is 30.4 Å². The first kappa shape index (κ1) is 14.7. The van der Waals surface area contributed by atoms with E-state index in [1.165, 1.54) is 17.7 Å². The lowest BCUT2D eigenvalue weighted by molar-refractivity contribution is 0.599. The minimum atomic E-state index is 0.590. The molecule has 0 saturated heterocycles. The van der Waals surface area contributed by atoms with Crippen molar-refractivity contribution >= 4 is 17.6 Å². The lowest BCUT2D eigenvalue weighted by Crippen LogP contribution is -2.33. The third-order valence-electron chi connectivity index (χ3n) is 4.33. The van der Waals surface area contributed by atoms with Crippen molar-refractivity contribution in [3.63, 3.8) is 0 Å². The number of hydrogen-bond donors (Lipinski definition) is 0. The highest BCUT2D eigenvalue weighted by Crippen LogP contribution is 2.35. The van der Waals surface area contributed by atoms with Gasteiger partial charge in [-0.3, -0.25) is 4.99 Å². The van der Waals surface area contributed by atoms with Crippen LogP contribution in [0.25, 0.3) is 0 Å². The van der Waals surface area contributed by atoms with Crippen LogP contribution in [-0.2, 0) is 12.8 Å². The summed E-state index contributed by atoms with van der Waals surface area (Å²) in [6, 6.07) is 8.87. The van der Waals surface area contributed by atoms with Gasteiger partial charge in [0, 0.05) is 48.9 Å². The second-order valence-corrected chi connectivity index (χ2v) is 5.90. The topological polar surface area (TPSA) is 41.4 Å². The Morgan fingerprint density at radius 3 is 3.05 bits per heavy atom. The van der Waals surface area contributed by atoms with Gasteiger partial charge in [-0.1, -0.05) is 6.07 Å². The van der Waals surface area contributed by atoms with Crippen molar-refractivity contribution in [3.05, 3.63) is 47.5 Å². The van der Waals surface area contributed by atoms with Gasteiger partial charge in [0.15, 0.2) is 0 Å². The first-order valence-electron chi connectivity index (χ1n) is 7.81. The van der Waals surface area contributed by atoms with E-state index in [1.807, 2.05) is 19.2 Å². The minimum Gasteiger partial charge on any atom is -0.372 e. The van der Waals surface area contributed by atoms with Gasteiger partial charge in [0.25, 0.3) is 0 Å². The molecule has 3 rings (SSSR count). The number of anilines is 1. The summed E-state index contributed by atoms with van der Waals surface area (Å²) in [5.74, 6) is 0.819. The number of aryl methyl sites for hydroxylation is 1. The van der Waals surface area contributed by atoms with Crippen molar-refractivity contribution in [2.24, 2.45) is 4.99 Å². The molecule has 0 aliphatic carbocycles. The third-order valence-corrected chi connectivity index (χ3v) is 4.33. The van der Waals surface area contributed by atoms with Gasteiger partial charge in [-0.2, -0.15) is 0 Å². The summed E-state index contributed by atoms with van der Waals surface area (Å²) in [6.45, 7) is 4.25. The fraction of sp³-hybridized carbons (Fsp3) is 0.389. The van der Waals surface area contributed by atoms with Gasteiger partial charge >= 0.3 is 0 Å². The molecule has 4 heteroatoms. The molecule has 2 heterocycles. The van der Waals surface area contributed by atoms with Crippen molar-refractivity contribution in [1.82, 2.24) is 9.97 Å². The Kier molecular flexibility index (Phi) is 4.18. The van der Waals surface area contributed by atoms with Crippen LogP contribution in [0.15, 0.2) is 35.5 Å². The predicted octanol–water partition coefficient (Wildman–Crippen LogP) is 3.50. The summed E-state index contributed by atoms with van der Waals surface area (Å²) >= 11 is 0. The summed E-state index contributed by atoms with van der Waals surface area (Å²) in [5, 5.41) is 0. The molecule has 0 fully saturated rings. The highest BCUT2D eigenvalue weighted by Gasteiger charge is 2.21. The van der Waals surface area contributed by atoms with E-state index in [-0.39, 0.29) is 0 Å². The largest absolute Gasteiger partial charge is 0.372 e.